The van der Waals surface area contributed by atoms with Crippen LogP contribution in [-0.4, -0.2) is 20.8 Å². The molecule has 0 unspecified atom stereocenters. The molecule has 1 heterocycles. The number of rotatable bonds is 6. The zero-order valence-corrected chi connectivity index (χ0v) is 11.0. The summed E-state index contributed by atoms with van der Waals surface area (Å²) in [5.41, 5.74) is 2.41. The molecule has 0 fully saturated rings. The van der Waals surface area contributed by atoms with E-state index in [1.54, 1.807) is 12.7 Å². The van der Waals surface area contributed by atoms with Crippen molar-refractivity contribution in [1.29, 1.82) is 0 Å². The first kappa shape index (κ1) is 12.6. The van der Waals surface area contributed by atoms with Crippen LogP contribution in [0.4, 0.5) is 5.69 Å². The Bertz CT molecular complexity index is 460. The van der Waals surface area contributed by atoms with Gasteiger partial charge < -0.3 is 5.32 Å². The Morgan fingerprint density at radius 1 is 1.28 bits per heavy atom. The van der Waals surface area contributed by atoms with Crippen LogP contribution in [0.1, 0.15) is 32.3 Å². The third-order valence-electron chi connectivity index (χ3n) is 3.09. The van der Waals surface area contributed by atoms with Gasteiger partial charge in [-0.15, -0.1) is 0 Å². The Morgan fingerprint density at radius 3 is 2.78 bits per heavy atom. The average Bonchev–Trinajstić information content (AvgIpc) is 2.89. The summed E-state index contributed by atoms with van der Waals surface area (Å²) in [7, 11) is 0. The van der Waals surface area contributed by atoms with Crippen molar-refractivity contribution in [2.45, 2.75) is 39.3 Å². The first-order valence-corrected chi connectivity index (χ1v) is 6.49. The molecular weight excluding hydrogens is 224 g/mol. The molecule has 0 amide bonds. The number of aromatic nitrogens is 3. The van der Waals surface area contributed by atoms with Crippen molar-refractivity contribution in [3.05, 3.63) is 42.5 Å². The van der Waals surface area contributed by atoms with E-state index in [0.29, 0.717) is 6.04 Å². The average molecular weight is 244 g/mol. The lowest BCUT2D eigenvalue weighted by Gasteiger charge is -2.16. The topological polar surface area (TPSA) is 42.7 Å². The van der Waals surface area contributed by atoms with Gasteiger partial charge in [0.25, 0.3) is 0 Å². The van der Waals surface area contributed by atoms with Crippen LogP contribution < -0.4 is 5.32 Å². The van der Waals surface area contributed by atoms with Crippen LogP contribution in [0, 0.1) is 0 Å². The second kappa shape index (κ2) is 6.19. The summed E-state index contributed by atoms with van der Waals surface area (Å²) in [6, 6.07) is 9.03. The van der Waals surface area contributed by atoms with Crippen LogP contribution in [0.3, 0.4) is 0 Å². The molecule has 18 heavy (non-hydrogen) atoms. The summed E-state index contributed by atoms with van der Waals surface area (Å²) in [6.45, 7) is 5.18. The first-order valence-electron chi connectivity index (χ1n) is 6.49. The van der Waals surface area contributed by atoms with E-state index in [1.807, 2.05) is 4.68 Å². The largest absolute Gasteiger partial charge is 0.382 e. The van der Waals surface area contributed by atoms with E-state index in [-0.39, 0.29) is 0 Å². The summed E-state index contributed by atoms with van der Waals surface area (Å²) < 4.78 is 1.83. The van der Waals surface area contributed by atoms with Gasteiger partial charge in [0.05, 0.1) is 6.54 Å². The lowest BCUT2D eigenvalue weighted by molar-refractivity contribution is 0.669. The van der Waals surface area contributed by atoms with Gasteiger partial charge in [0.1, 0.15) is 12.7 Å². The minimum Gasteiger partial charge on any atom is -0.382 e. The van der Waals surface area contributed by atoms with Gasteiger partial charge in [-0.25, -0.2) is 9.67 Å². The quantitative estimate of drug-likeness (QED) is 0.849. The third kappa shape index (κ3) is 3.32. The fourth-order valence-electron chi connectivity index (χ4n) is 1.99. The van der Waals surface area contributed by atoms with Crippen molar-refractivity contribution >= 4 is 5.69 Å². The van der Waals surface area contributed by atoms with Crippen LogP contribution in [-0.2, 0) is 6.54 Å². The van der Waals surface area contributed by atoms with E-state index in [2.05, 4.69) is 53.5 Å². The van der Waals surface area contributed by atoms with Crippen molar-refractivity contribution in [2.75, 3.05) is 5.32 Å². The van der Waals surface area contributed by atoms with Gasteiger partial charge in [0.15, 0.2) is 0 Å². The summed E-state index contributed by atoms with van der Waals surface area (Å²) in [5, 5.41) is 7.67. The highest BCUT2D eigenvalue weighted by Crippen LogP contribution is 2.14. The SMILES string of the molecule is CCC(CC)Nc1cccc(Cn2cncn2)c1. The minimum atomic E-state index is 0.548. The molecule has 4 heteroatoms. The highest BCUT2D eigenvalue weighted by atomic mass is 15.3. The molecule has 1 aromatic heterocycles. The highest BCUT2D eigenvalue weighted by molar-refractivity contribution is 5.46. The number of hydrogen-bond donors (Lipinski definition) is 1. The molecule has 0 aliphatic carbocycles. The predicted molar refractivity (Wildman–Crippen MR) is 73.6 cm³/mol. The zero-order chi connectivity index (χ0) is 12.8. The van der Waals surface area contributed by atoms with Gasteiger partial charge in [0.2, 0.25) is 0 Å². The second-order valence-electron chi connectivity index (χ2n) is 4.45. The molecule has 2 rings (SSSR count). The molecule has 0 bridgehead atoms. The summed E-state index contributed by atoms with van der Waals surface area (Å²) in [5.74, 6) is 0. The smallest absolute Gasteiger partial charge is 0.137 e. The van der Waals surface area contributed by atoms with Crippen molar-refractivity contribution in [2.24, 2.45) is 0 Å². The Balaban J connectivity index is 2.05. The van der Waals surface area contributed by atoms with Gasteiger partial charge in [-0.2, -0.15) is 5.10 Å². The Kier molecular flexibility index (Phi) is 4.34. The predicted octanol–water partition coefficient (Wildman–Crippen LogP) is 2.93. The maximum absolute atomic E-state index is 4.12. The molecule has 0 aliphatic heterocycles. The van der Waals surface area contributed by atoms with E-state index < -0.39 is 0 Å². The van der Waals surface area contributed by atoms with Crippen LogP contribution in [0.15, 0.2) is 36.9 Å². The van der Waals surface area contributed by atoms with Crippen molar-refractivity contribution in [1.82, 2.24) is 14.8 Å². The monoisotopic (exact) mass is 244 g/mol. The standard InChI is InChI=1S/C14H20N4/c1-3-13(4-2)17-14-7-5-6-12(8-14)9-18-11-15-10-16-18/h5-8,10-11,13,17H,3-4,9H2,1-2H3. The molecule has 1 N–H and O–H groups in total. The molecule has 0 saturated heterocycles. The van der Waals surface area contributed by atoms with E-state index >= 15 is 0 Å². The molecule has 96 valence electrons. The third-order valence-corrected chi connectivity index (χ3v) is 3.09. The zero-order valence-electron chi connectivity index (χ0n) is 11.0. The van der Waals surface area contributed by atoms with Gasteiger partial charge in [0, 0.05) is 11.7 Å². The summed E-state index contributed by atoms with van der Waals surface area (Å²) >= 11 is 0. The van der Waals surface area contributed by atoms with Crippen LogP contribution >= 0.6 is 0 Å². The lowest BCUT2D eigenvalue weighted by atomic mass is 10.1. The van der Waals surface area contributed by atoms with Crippen LogP contribution in [0.5, 0.6) is 0 Å². The minimum absolute atomic E-state index is 0.548. The molecule has 0 spiro atoms. The van der Waals surface area contributed by atoms with E-state index in [0.717, 1.165) is 19.4 Å². The number of nitrogens with zero attached hydrogens (tertiary/aromatic N) is 3. The molecule has 0 atom stereocenters. The molecular formula is C14H20N4. The van der Waals surface area contributed by atoms with Crippen LogP contribution in [0.25, 0.3) is 0 Å². The van der Waals surface area contributed by atoms with Gasteiger partial charge in [-0.1, -0.05) is 26.0 Å². The van der Waals surface area contributed by atoms with Crippen molar-refractivity contribution in [3.63, 3.8) is 0 Å². The molecule has 0 radical (unpaired) electrons. The molecule has 4 nitrogen and oxygen atoms in total. The van der Waals surface area contributed by atoms with Gasteiger partial charge in [-0.05, 0) is 30.5 Å². The van der Waals surface area contributed by atoms with Gasteiger partial charge >= 0.3 is 0 Å². The normalized spacial score (nSPS) is 10.8. The maximum Gasteiger partial charge on any atom is 0.137 e. The summed E-state index contributed by atoms with van der Waals surface area (Å²) in [6.07, 6.45) is 5.58. The van der Waals surface area contributed by atoms with E-state index in [1.165, 1.54) is 11.3 Å². The Morgan fingerprint density at radius 2 is 2.11 bits per heavy atom. The van der Waals surface area contributed by atoms with E-state index in [4.69, 9.17) is 0 Å². The fraction of sp³-hybridized carbons (Fsp3) is 0.429. The van der Waals surface area contributed by atoms with Crippen molar-refractivity contribution in [3.8, 4) is 0 Å². The lowest BCUT2D eigenvalue weighted by Crippen LogP contribution is -2.17. The molecule has 0 aliphatic rings. The second-order valence-corrected chi connectivity index (χ2v) is 4.45. The number of nitrogens with one attached hydrogen (secondary N) is 1. The number of anilines is 1. The van der Waals surface area contributed by atoms with Gasteiger partial charge in [-0.3, -0.25) is 0 Å². The highest BCUT2D eigenvalue weighted by Gasteiger charge is 2.03. The summed E-state index contributed by atoms with van der Waals surface area (Å²) in [4.78, 5) is 3.95. The molecule has 2 aromatic rings. The fourth-order valence-corrected chi connectivity index (χ4v) is 1.99. The molecule has 0 saturated carbocycles. The Labute approximate surface area is 108 Å². The van der Waals surface area contributed by atoms with Crippen LogP contribution in [0.2, 0.25) is 0 Å². The maximum atomic E-state index is 4.12. The van der Waals surface area contributed by atoms with E-state index in [9.17, 15) is 0 Å². The van der Waals surface area contributed by atoms with Crippen molar-refractivity contribution < 1.29 is 0 Å². The first-order chi connectivity index (χ1) is 8.81. The number of hydrogen-bond acceptors (Lipinski definition) is 3. The molecule has 1 aromatic carbocycles. The Hall–Kier alpha value is -1.84. The number of benzene rings is 1.